The fourth-order valence-electron chi connectivity index (χ4n) is 3.79. The van der Waals surface area contributed by atoms with Crippen LogP contribution in [0.2, 0.25) is 5.02 Å². The van der Waals surface area contributed by atoms with Gasteiger partial charge >= 0.3 is 6.09 Å². The molecule has 0 atom stereocenters. The van der Waals surface area contributed by atoms with E-state index in [4.69, 9.17) is 20.8 Å². The first kappa shape index (κ1) is 27.9. The van der Waals surface area contributed by atoms with Gasteiger partial charge in [0.1, 0.15) is 17.1 Å². The zero-order valence-corrected chi connectivity index (χ0v) is 23.1. The van der Waals surface area contributed by atoms with Crippen LogP contribution in [0.25, 0.3) is 11.3 Å². The number of para-hydroxylation sites is 2. The van der Waals surface area contributed by atoms with Crippen molar-refractivity contribution in [1.29, 1.82) is 0 Å². The predicted octanol–water partition coefficient (Wildman–Crippen LogP) is 7.19. The number of amides is 2. The fraction of sp³-hybridized carbons (Fsp3) is 0.233. The van der Waals surface area contributed by atoms with Gasteiger partial charge in [-0.2, -0.15) is 0 Å². The Balaban J connectivity index is 1.38. The summed E-state index contributed by atoms with van der Waals surface area (Å²) in [4.78, 5) is 29.7. The average molecular weight is 547 g/mol. The Morgan fingerprint density at radius 3 is 2.26 bits per heavy atom. The second-order valence-corrected chi connectivity index (χ2v) is 10.4. The van der Waals surface area contributed by atoms with Gasteiger partial charge in [0, 0.05) is 23.9 Å². The van der Waals surface area contributed by atoms with E-state index in [0.29, 0.717) is 40.7 Å². The minimum absolute atomic E-state index is 0.327. The van der Waals surface area contributed by atoms with Crippen LogP contribution in [0.3, 0.4) is 0 Å². The highest BCUT2D eigenvalue weighted by Crippen LogP contribution is 2.28. The smallest absolute Gasteiger partial charge is 0.412 e. The minimum Gasteiger partial charge on any atom is -0.465 e. The molecule has 0 aliphatic carbocycles. The van der Waals surface area contributed by atoms with Crippen LogP contribution in [0.15, 0.2) is 77.3 Å². The molecule has 0 aliphatic rings. The first-order valence-corrected chi connectivity index (χ1v) is 12.9. The first-order valence-electron chi connectivity index (χ1n) is 12.5. The Kier molecular flexibility index (Phi) is 8.69. The molecular formula is C30H31ClN4O4. The van der Waals surface area contributed by atoms with Crippen molar-refractivity contribution in [2.75, 3.05) is 10.6 Å². The molecule has 2 amide bonds. The summed E-state index contributed by atoms with van der Waals surface area (Å²) >= 11 is 6.54. The van der Waals surface area contributed by atoms with E-state index in [1.165, 1.54) is 0 Å². The van der Waals surface area contributed by atoms with Gasteiger partial charge in [0.25, 0.3) is 5.91 Å². The number of furan rings is 1. The maximum Gasteiger partial charge on any atom is 0.412 e. The summed E-state index contributed by atoms with van der Waals surface area (Å²) in [5.74, 6) is 1.42. The molecule has 0 radical (unpaired) electrons. The summed E-state index contributed by atoms with van der Waals surface area (Å²) in [6.07, 6.45) is 1.17. The topological polar surface area (TPSA) is 105 Å². The van der Waals surface area contributed by atoms with E-state index in [1.54, 1.807) is 75.5 Å². The van der Waals surface area contributed by atoms with E-state index in [1.807, 2.05) is 25.1 Å². The Bertz CT molecular complexity index is 1460. The monoisotopic (exact) mass is 546 g/mol. The maximum absolute atomic E-state index is 12.9. The molecule has 2 aromatic carbocycles. The number of benzene rings is 2. The number of pyridine rings is 1. The molecule has 3 N–H and O–H groups in total. The number of nitrogens with one attached hydrogen (secondary N) is 3. The molecule has 0 saturated heterocycles. The van der Waals surface area contributed by atoms with Crippen LogP contribution >= 0.6 is 11.6 Å². The lowest BCUT2D eigenvalue weighted by Crippen LogP contribution is -2.27. The minimum atomic E-state index is -0.640. The molecule has 0 unspecified atom stereocenters. The molecule has 4 aromatic rings. The second-order valence-electron chi connectivity index (χ2n) is 9.99. The number of hydrogen-bond donors (Lipinski definition) is 3. The zero-order valence-electron chi connectivity index (χ0n) is 22.3. The number of ether oxygens (including phenoxy) is 1. The third kappa shape index (κ3) is 7.92. The summed E-state index contributed by atoms with van der Waals surface area (Å²) in [5.41, 5.74) is 3.04. The molecule has 0 bridgehead atoms. The van der Waals surface area contributed by atoms with Crippen LogP contribution in [-0.4, -0.2) is 22.6 Å². The molecule has 2 heterocycles. The van der Waals surface area contributed by atoms with Crippen LogP contribution in [0.1, 0.15) is 48.2 Å². The summed E-state index contributed by atoms with van der Waals surface area (Å²) in [6, 6.07) is 19.7. The molecule has 0 spiro atoms. The molecule has 39 heavy (non-hydrogen) atoms. The van der Waals surface area contributed by atoms with E-state index in [9.17, 15) is 9.59 Å². The van der Waals surface area contributed by atoms with Crippen LogP contribution in [0.5, 0.6) is 0 Å². The molecule has 0 fully saturated rings. The number of aryl methyl sites for hydroxylation is 1. The molecule has 0 saturated carbocycles. The van der Waals surface area contributed by atoms with E-state index in [2.05, 4.69) is 20.9 Å². The number of carbonyl (C=O) groups excluding carboxylic acids is 2. The lowest BCUT2D eigenvalue weighted by molar-refractivity contribution is 0.0635. The van der Waals surface area contributed by atoms with Gasteiger partial charge in [0.05, 0.1) is 28.6 Å². The maximum atomic E-state index is 12.9. The first-order chi connectivity index (χ1) is 18.6. The largest absolute Gasteiger partial charge is 0.465 e. The molecule has 9 heteroatoms. The van der Waals surface area contributed by atoms with Crippen molar-refractivity contribution in [2.45, 2.75) is 46.4 Å². The van der Waals surface area contributed by atoms with Gasteiger partial charge in [0.2, 0.25) is 0 Å². The van der Waals surface area contributed by atoms with Gasteiger partial charge in [0.15, 0.2) is 0 Å². The highest BCUT2D eigenvalue weighted by atomic mass is 35.5. The van der Waals surface area contributed by atoms with Gasteiger partial charge in [-0.05, 0) is 75.7 Å². The molecule has 202 valence electrons. The standard InChI is InChI=1S/C30H31ClN4O4/c1-19-9-14-23(38-19)18-32-16-20-15-24(31)27(33-17-20)21-10-12-22(13-11-21)28(36)34-25-7-5-6-8-26(25)35-29(37)39-30(2,3)4/h5-15,17,32H,16,18H2,1-4H3,(H,34,36)(H,35,37). The third-order valence-electron chi connectivity index (χ3n) is 5.55. The van der Waals surface area contributed by atoms with Crippen molar-refractivity contribution < 1.29 is 18.7 Å². The van der Waals surface area contributed by atoms with Crippen LogP contribution in [0.4, 0.5) is 16.2 Å². The number of anilines is 2. The van der Waals surface area contributed by atoms with Crippen molar-refractivity contribution in [3.63, 3.8) is 0 Å². The SMILES string of the molecule is Cc1ccc(CNCc2cnc(-c3ccc(C(=O)Nc4ccccc4NC(=O)OC(C)(C)C)cc3)c(Cl)c2)o1. The highest BCUT2D eigenvalue weighted by Gasteiger charge is 2.18. The van der Waals surface area contributed by atoms with Crippen LogP contribution in [0, 0.1) is 6.92 Å². The van der Waals surface area contributed by atoms with Crippen molar-refractivity contribution in [1.82, 2.24) is 10.3 Å². The van der Waals surface area contributed by atoms with Crippen molar-refractivity contribution in [3.05, 3.63) is 101 Å². The number of halogens is 1. The average Bonchev–Trinajstić information content (AvgIpc) is 3.29. The Morgan fingerprint density at radius 1 is 0.949 bits per heavy atom. The summed E-state index contributed by atoms with van der Waals surface area (Å²) in [7, 11) is 0. The van der Waals surface area contributed by atoms with Crippen molar-refractivity contribution >= 4 is 35.0 Å². The fourth-order valence-corrected chi connectivity index (χ4v) is 4.08. The number of hydrogen-bond acceptors (Lipinski definition) is 6. The van der Waals surface area contributed by atoms with Crippen molar-refractivity contribution in [3.8, 4) is 11.3 Å². The molecule has 4 rings (SSSR count). The van der Waals surface area contributed by atoms with Crippen molar-refractivity contribution in [2.24, 2.45) is 0 Å². The normalized spacial score (nSPS) is 11.2. The number of carbonyl (C=O) groups is 2. The van der Waals surface area contributed by atoms with E-state index >= 15 is 0 Å². The second kappa shape index (κ2) is 12.1. The summed E-state index contributed by atoms with van der Waals surface area (Å²) < 4.78 is 10.9. The Morgan fingerprint density at radius 2 is 1.64 bits per heavy atom. The molecule has 8 nitrogen and oxygen atoms in total. The van der Waals surface area contributed by atoms with Crippen LogP contribution < -0.4 is 16.0 Å². The molecule has 0 aliphatic heterocycles. The lowest BCUT2D eigenvalue weighted by atomic mass is 10.1. The quantitative estimate of drug-likeness (QED) is 0.216. The van der Waals surface area contributed by atoms with E-state index < -0.39 is 11.7 Å². The number of aromatic nitrogens is 1. The Labute approximate surface area is 232 Å². The molecular weight excluding hydrogens is 516 g/mol. The lowest BCUT2D eigenvalue weighted by Gasteiger charge is -2.20. The van der Waals surface area contributed by atoms with Gasteiger partial charge in [-0.25, -0.2) is 4.79 Å². The van der Waals surface area contributed by atoms with Gasteiger partial charge < -0.3 is 19.8 Å². The van der Waals surface area contributed by atoms with Gasteiger partial charge in [-0.3, -0.25) is 15.1 Å². The summed E-state index contributed by atoms with van der Waals surface area (Å²) in [5, 5.41) is 9.35. The molecule has 2 aromatic heterocycles. The predicted molar refractivity (Wildman–Crippen MR) is 153 cm³/mol. The van der Waals surface area contributed by atoms with E-state index in [-0.39, 0.29) is 5.91 Å². The Hall–Kier alpha value is -4.14. The number of nitrogens with zero attached hydrogens (tertiary/aromatic N) is 1. The van der Waals surface area contributed by atoms with Crippen LogP contribution in [-0.2, 0) is 17.8 Å². The zero-order chi connectivity index (χ0) is 28.0. The highest BCUT2D eigenvalue weighted by molar-refractivity contribution is 6.33. The summed E-state index contributed by atoms with van der Waals surface area (Å²) in [6.45, 7) is 8.46. The van der Waals surface area contributed by atoms with E-state index in [0.717, 1.165) is 22.6 Å². The van der Waals surface area contributed by atoms with Gasteiger partial charge in [-0.15, -0.1) is 0 Å². The van der Waals surface area contributed by atoms with Gasteiger partial charge in [-0.1, -0.05) is 35.9 Å². The number of rotatable bonds is 8. The third-order valence-corrected chi connectivity index (χ3v) is 5.84.